The van der Waals surface area contributed by atoms with Gasteiger partial charge in [-0.3, -0.25) is 9.88 Å². The maximum atomic E-state index is 6.18. The number of hydrogen-bond acceptors (Lipinski definition) is 3. The van der Waals surface area contributed by atoms with Gasteiger partial charge in [-0.2, -0.15) is 0 Å². The van der Waals surface area contributed by atoms with Crippen molar-refractivity contribution in [3.63, 3.8) is 0 Å². The van der Waals surface area contributed by atoms with Crippen molar-refractivity contribution in [2.24, 2.45) is 11.7 Å². The van der Waals surface area contributed by atoms with Crippen LogP contribution in [0.15, 0.2) is 36.5 Å². The van der Waals surface area contributed by atoms with Gasteiger partial charge < -0.3 is 5.73 Å². The summed E-state index contributed by atoms with van der Waals surface area (Å²) in [6.45, 7) is 5.51. The minimum atomic E-state index is 0.386. The molecule has 1 aromatic heterocycles. The molecule has 2 heterocycles. The van der Waals surface area contributed by atoms with E-state index in [-0.39, 0.29) is 0 Å². The van der Waals surface area contributed by atoms with Crippen LogP contribution in [-0.4, -0.2) is 29.0 Å². The molecule has 3 rings (SSSR count). The smallest absolute Gasteiger partial charge is 0.0702 e. The highest BCUT2D eigenvalue weighted by Gasteiger charge is 2.25. The molecule has 106 valence electrons. The fourth-order valence-corrected chi connectivity index (χ4v) is 3.18. The van der Waals surface area contributed by atoms with Crippen LogP contribution in [0.4, 0.5) is 0 Å². The van der Waals surface area contributed by atoms with E-state index >= 15 is 0 Å². The number of benzene rings is 1. The predicted molar refractivity (Wildman–Crippen MR) is 83.4 cm³/mol. The molecule has 1 aromatic carbocycles. The normalized spacial score (nSPS) is 24.1. The second-order valence-corrected chi connectivity index (χ2v) is 5.89. The van der Waals surface area contributed by atoms with E-state index < -0.39 is 0 Å². The lowest BCUT2D eigenvalue weighted by atomic mass is 9.90. The Kier molecular flexibility index (Phi) is 3.99. The number of nitrogens with zero attached hydrogens (tertiary/aromatic N) is 2. The molecule has 1 fully saturated rings. The molecule has 2 N–H and O–H groups in total. The number of aromatic nitrogens is 1. The molecule has 3 heteroatoms. The third-order valence-electron chi connectivity index (χ3n) is 4.47. The van der Waals surface area contributed by atoms with E-state index in [1.165, 1.54) is 17.4 Å². The Hall–Kier alpha value is -1.45. The fourth-order valence-electron chi connectivity index (χ4n) is 3.18. The SMILES string of the molecule is CCC1CN(Cc2ccc3ncccc3c2)CCC1N. The van der Waals surface area contributed by atoms with Gasteiger partial charge in [0, 0.05) is 30.7 Å². The highest BCUT2D eigenvalue weighted by atomic mass is 15.1. The summed E-state index contributed by atoms with van der Waals surface area (Å²) in [6, 6.07) is 11.1. The first-order valence-electron chi connectivity index (χ1n) is 7.58. The van der Waals surface area contributed by atoms with Crippen LogP contribution in [0.1, 0.15) is 25.3 Å². The Morgan fingerprint density at radius 3 is 3.10 bits per heavy atom. The van der Waals surface area contributed by atoms with Crippen LogP contribution in [0.2, 0.25) is 0 Å². The third kappa shape index (κ3) is 2.84. The minimum Gasteiger partial charge on any atom is -0.327 e. The number of hydrogen-bond donors (Lipinski definition) is 1. The monoisotopic (exact) mass is 269 g/mol. The van der Waals surface area contributed by atoms with Crippen molar-refractivity contribution in [1.82, 2.24) is 9.88 Å². The van der Waals surface area contributed by atoms with Gasteiger partial charge in [0.15, 0.2) is 0 Å². The quantitative estimate of drug-likeness (QED) is 0.931. The largest absolute Gasteiger partial charge is 0.327 e. The van der Waals surface area contributed by atoms with Gasteiger partial charge in [0.05, 0.1) is 5.52 Å². The number of fused-ring (bicyclic) bond motifs is 1. The molecule has 2 atom stereocenters. The summed E-state index contributed by atoms with van der Waals surface area (Å²) in [5, 5.41) is 1.23. The zero-order valence-electron chi connectivity index (χ0n) is 12.1. The molecular weight excluding hydrogens is 246 g/mol. The number of pyridine rings is 1. The zero-order chi connectivity index (χ0) is 13.9. The van der Waals surface area contributed by atoms with Crippen LogP contribution in [0.25, 0.3) is 10.9 Å². The Balaban J connectivity index is 1.73. The Bertz CT molecular complexity index is 581. The summed E-state index contributed by atoms with van der Waals surface area (Å²) >= 11 is 0. The van der Waals surface area contributed by atoms with E-state index in [9.17, 15) is 0 Å². The van der Waals surface area contributed by atoms with Crippen LogP contribution in [-0.2, 0) is 6.54 Å². The summed E-state index contributed by atoms with van der Waals surface area (Å²) in [5.74, 6) is 0.644. The van der Waals surface area contributed by atoms with Gasteiger partial charge in [-0.15, -0.1) is 0 Å². The van der Waals surface area contributed by atoms with E-state index in [0.717, 1.165) is 31.6 Å². The zero-order valence-corrected chi connectivity index (χ0v) is 12.1. The molecule has 2 unspecified atom stereocenters. The number of piperidine rings is 1. The molecule has 0 spiro atoms. The standard InChI is InChI=1S/C17H23N3/c1-2-14-12-20(9-7-16(14)18)11-13-5-6-17-15(10-13)4-3-8-19-17/h3-6,8,10,14,16H,2,7,9,11-12,18H2,1H3. The first-order valence-corrected chi connectivity index (χ1v) is 7.58. The highest BCUT2D eigenvalue weighted by molar-refractivity contribution is 5.78. The molecule has 3 nitrogen and oxygen atoms in total. The van der Waals surface area contributed by atoms with Crippen molar-refractivity contribution in [3.05, 3.63) is 42.1 Å². The summed E-state index contributed by atoms with van der Waals surface area (Å²) in [7, 11) is 0. The first kappa shape index (κ1) is 13.5. The van der Waals surface area contributed by atoms with Crippen molar-refractivity contribution in [1.29, 1.82) is 0 Å². The lowest BCUT2D eigenvalue weighted by molar-refractivity contribution is 0.145. The lowest BCUT2D eigenvalue weighted by Crippen LogP contribution is -2.46. The van der Waals surface area contributed by atoms with Crippen molar-refractivity contribution in [2.45, 2.75) is 32.4 Å². The summed E-state index contributed by atoms with van der Waals surface area (Å²) in [4.78, 5) is 6.91. The van der Waals surface area contributed by atoms with Gasteiger partial charge >= 0.3 is 0 Å². The Labute approximate surface area is 120 Å². The van der Waals surface area contributed by atoms with E-state index in [0.29, 0.717) is 12.0 Å². The van der Waals surface area contributed by atoms with Crippen LogP contribution in [0, 0.1) is 5.92 Å². The van der Waals surface area contributed by atoms with E-state index in [4.69, 9.17) is 5.73 Å². The van der Waals surface area contributed by atoms with Crippen molar-refractivity contribution >= 4 is 10.9 Å². The average molecular weight is 269 g/mol. The van der Waals surface area contributed by atoms with Gasteiger partial charge in [0.1, 0.15) is 0 Å². The number of nitrogens with two attached hydrogens (primary N) is 1. The van der Waals surface area contributed by atoms with Gasteiger partial charge in [0.25, 0.3) is 0 Å². The number of likely N-dealkylation sites (tertiary alicyclic amines) is 1. The van der Waals surface area contributed by atoms with Crippen LogP contribution >= 0.6 is 0 Å². The molecule has 0 saturated carbocycles. The average Bonchev–Trinajstić information content (AvgIpc) is 2.49. The van der Waals surface area contributed by atoms with Crippen molar-refractivity contribution in [3.8, 4) is 0 Å². The Morgan fingerprint density at radius 1 is 1.35 bits per heavy atom. The molecule has 1 aliphatic rings. The maximum Gasteiger partial charge on any atom is 0.0702 e. The summed E-state index contributed by atoms with van der Waals surface area (Å²) in [6.07, 6.45) is 4.15. The molecule has 0 bridgehead atoms. The Morgan fingerprint density at radius 2 is 2.25 bits per heavy atom. The topological polar surface area (TPSA) is 42.2 Å². The third-order valence-corrected chi connectivity index (χ3v) is 4.47. The van der Waals surface area contributed by atoms with Crippen molar-refractivity contribution in [2.75, 3.05) is 13.1 Å². The van der Waals surface area contributed by atoms with Gasteiger partial charge in [-0.25, -0.2) is 0 Å². The van der Waals surface area contributed by atoms with E-state index in [1.54, 1.807) is 0 Å². The summed E-state index contributed by atoms with van der Waals surface area (Å²) < 4.78 is 0. The summed E-state index contributed by atoms with van der Waals surface area (Å²) in [5.41, 5.74) is 8.63. The maximum absolute atomic E-state index is 6.18. The van der Waals surface area contributed by atoms with Crippen molar-refractivity contribution < 1.29 is 0 Å². The molecule has 0 amide bonds. The van der Waals surface area contributed by atoms with Crippen LogP contribution in [0.5, 0.6) is 0 Å². The minimum absolute atomic E-state index is 0.386. The number of rotatable bonds is 3. The molecule has 1 aliphatic heterocycles. The molecule has 1 saturated heterocycles. The van der Waals surface area contributed by atoms with Gasteiger partial charge in [-0.05, 0) is 42.6 Å². The molecule has 2 aromatic rings. The van der Waals surface area contributed by atoms with E-state index in [2.05, 4.69) is 41.1 Å². The fraction of sp³-hybridized carbons (Fsp3) is 0.471. The predicted octanol–water partition coefficient (Wildman–Crippen LogP) is 2.79. The molecule has 0 aliphatic carbocycles. The van der Waals surface area contributed by atoms with Crippen LogP contribution < -0.4 is 5.73 Å². The van der Waals surface area contributed by atoms with Crippen LogP contribution in [0.3, 0.4) is 0 Å². The highest BCUT2D eigenvalue weighted by Crippen LogP contribution is 2.21. The van der Waals surface area contributed by atoms with E-state index in [1.807, 2.05) is 12.3 Å². The van der Waals surface area contributed by atoms with Gasteiger partial charge in [-0.1, -0.05) is 25.5 Å². The lowest BCUT2D eigenvalue weighted by Gasteiger charge is -2.36. The molecular formula is C17H23N3. The molecule has 0 radical (unpaired) electrons. The van der Waals surface area contributed by atoms with Gasteiger partial charge in [0.2, 0.25) is 0 Å². The second-order valence-electron chi connectivity index (χ2n) is 5.89. The first-order chi connectivity index (χ1) is 9.76. The second kappa shape index (κ2) is 5.90. The molecule has 20 heavy (non-hydrogen) atoms.